The molecule has 0 saturated carbocycles. The summed E-state index contributed by atoms with van der Waals surface area (Å²) in [5.74, 6) is -0.182. The fourth-order valence-electron chi connectivity index (χ4n) is 0.360. The minimum atomic E-state index is -0.182. The third kappa shape index (κ3) is 11.6. The van der Waals surface area contributed by atoms with Crippen molar-refractivity contribution in [2.45, 2.75) is 26.7 Å². The predicted octanol–water partition coefficient (Wildman–Crippen LogP) is 1.35. The van der Waals surface area contributed by atoms with Crippen LogP contribution in [0, 0.1) is 0 Å². The molecule has 50 valence electrons. The van der Waals surface area contributed by atoms with E-state index in [-0.39, 0.29) is 25.4 Å². The first-order valence-corrected chi connectivity index (χ1v) is 2.90. The molecule has 0 unspecified atom stereocenters. The Hall–Kier alpha value is 0.0934. The molecular weight excluding hydrogens is 169 g/mol. The average Bonchev–Trinajstić information content (AvgIpc) is 1.66. The van der Waals surface area contributed by atoms with Crippen molar-refractivity contribution in [3.05, 3.63) is 0 Å². The second kappa shape index (κ2) is 8.09. The molecule has 3 heteroatoms. The van der Waals surface area contributed by atoms with Gasteiger partial charge in [-0.3, -0.25) is 4.79 Å². The smallest absolute Gasteiger partial charge is 0.302 e. The standard InChI is InChI=1S/C6H12O2.Zn/c1-3-4-5-8-6(2)7;/h3-5H2,1-2H3;. The second-order valence-corrected chi connectivity index (χ2v) is 1.69. The Morgan fingerprint density at radius 2 is 2.11 bits per heavy atom. The van der Waals surface area contributed by atoms with Gasteiger partial charge in [0.05, 0.1) is 6.61 Å². The summed E-state index contributed by atoms with van der Waals surface area (Å²) in [5, 5.41) is 0. The van der Waals surface area contributed by atoms with Gasteiger partial charge in [-0.05, 0) is 6.42 Å². The van der Waals surface area contributed by atoms with Crippen molar-refractivity contribution < 1.29 is 29.0 Å². The number of hydrogen-bond donors (Lipinski definition) is 0. The van der Waals surface area contributed by atoms with Crippen molar-refractivity contribution in [1.29, 1.82) is 0 Å². The summed E-state index contributed by atoms with van der Waals surface area (Å²) >= 11 is 0. The molecule has 9 heavy (non-hydrogen) atoms. The number of hydrogen-bond acceptors (Lipinski definition) is 2. The molecule has 2 nitrogen and oxygen atoms in total. The molecule has 0 aromatic heterocycles. The summed E-state index contributed by atoms with van der Waals surface area (Å²) in [6.07, 6.45) is 2.05. The summed E-state index contributed by atoms with van der Waals surface area (Å²) in [7, 11) is 0. The zero-order chi connectivity index (χ0) is 6.41. The van der Waals surface area contributed by atoms with Crippen LogP contribution in [0.25, 0.3) is 0 Å². The normalized spacial score (nSPS) is 7.78. The maximum Gasteiger partial charge on any atom is 0.302 e. The van der Waals surface area contributed by atoms with Gasteiger partial charge < -0.3 is 4.74 Å². The van der Waals surface area contributed by atoms with E-state index in [2.05, 4.69) is 11.7 Å². The Kier molecular flexibility index (Phi) is 10.6. The Morgan fingerprint density at radius 3 is 2.44 bits per heavy atom. The summed E-state index contributed by atoms with van der Waals surface area (Å²) in [5.41, 5.74) is 0. The number of esters is 1. The van der Waals surface area contributed by atoms with Crippen LogP contribution in [0.15, 0.2) is 0 Å². The van der Waals surface area contributed by atoms with Crippen molar-refractivity contribution in [2.75, 3.05) is 6.61 Å². The topological polar surface area (TPSA) is 26.3 Å². The number of carbonyl (C=O) groups excluding carboxylic acids is 1. The van der Waals surface area contributed by atoms with Crippen LogP contribution in [-0.2, 0) is 29.0 Å². The largest absolute Gasteiger partial charge is 0.466 e. The van der Waals surface area contributed by atoms with Gasteiger partial charge in [0.25, 0.3) is 0 Å². The number of rotatable bonds is 3. The Bertz CT molecular complexity index is 73.5. The molecule has 0 aromatic carbocycles. The van der Waals surface area contributed by atoms with Gasteiger partial charge in [-0.1, -0.05) is 13.3 Å². The van der Waals surface area contributed by atoms with E-state index in [1.54, 1.807) is 0 Å². The molecule has 0 aliphatic heterocycles. The minimum absolute atomic E-state index is 0. The van der Waals surface area contributed by atoms with Crippen LogP contribution in [0.3, 0.4) is 0 Å². The third-order valence-electron chi connectivity index (χ3n) is 0.803. The molecule has 0 fully saturated rings. The SMILES string of the molecule is CCCCOC(C)=O.[Zn]. The third-order valence-corrected chi connectivity index (χ3v) is 0.803. The number of carbonyl (C=O) groups is 1. The van der Waals surface area contributed by atoms with Crippen LogP contribution in [0.5, 0.6) is 0 Å². The van der Waals surface area contributed by atoms with Gasteiger partial charge >= 0.3 is 5.97 Å². The fourth-order valence-corrected chi connectivity index (χ4v) is 0.360. The van der Waals surface area contributed by atoms with E-state index in [1.807, 2.05) is 0 Å². The van der Waals surface area contributed by atoms with Crippen LogP contribution >= 0.6 is 0 Å². The molecular formula is C6H12O2Zn. The van der Waals surface area contributed by atoms with Crippen LogP contribution in [0.1, 0.15) is 26.7 Å². The van der Waals surface area contributed by atoms with E-state index in [0.717, 1.165) is 12.8 Å². The molecule has 0 aliphatic carbocycles. The summed E-state index contributed by atoms with van der Waals surface area (Å²) in [6, 6.07) is 0. The van der Waals surface area contributed by atoms with E-state index in [1.165, 1.54) is 6.92 Å². The molecule has 0 saturated heterocycles. The molecule has 0 heterocycles. The molecule has 0 N–H and O–H groups in total. The number of unbranched alkanes of at least 4 members (excludes halogenated alkanes) is 1. The molecule has 0 rings (SSSR count). The molecule has 0 amide bonds. The average molecular weight is 182 g/mol. The molecule has 0 spiro atoms. The van der Waals surface area contributed by atoms with Crippen LogP contribution in [-0.4, -0.2) is 12.6 Å². The quantitative estimate of drug-likeness (QED) is 0.373. The van der Waals surface area contributed by atoms with Crippen LogP contribution in [0.2, 0.25) is 0 Å². The zero-order valence-electron chi connectivity index (χ0n) is 6.14. The van der Waals surface area contributed by atoms with E-state index in [0.29, 0.717) is 6.61 Å². The van der Waals surface area contributed by atoms with Crippen molar-refractivity contribution in [3.63, 3.8) is 0 Å². The number of ether oxygens (including phenoxy) is 1. The first kappa shape index (κ1) is 11.8. The molecule has 0 atom stereocenters. The molecule has 0 radical (unpaired) electrons. The Labute approximate surface area is 68.7 Å². The Balaban J connectivity index is 0. The minimum Gasteiger partial charge on any atom is -0.466 e. The monoisotopic (exact) mass is 180 g/mol. The zero-order valence-corrected chi connectivity index (χ0v) is 9.11. The van der Waals surface area contributed by atoms with Gasteiger partial charge in [0.2, 0.25) is 0 Å². The van der Waals surface area contributed by atoms with Crippen molar-refractivity contribution in [1.82, 2.24) is 0 Å². The van der Waals surface area contributed by atoms with E-state index < -0.39 is 0 Å². The Morgan fingerprint density at radius 1 is 1.56 bits per heavy atom. The van der Waals surface area contributed by atoms with Gasteiger partial charge in [0.15, 0.2) is 0 Å². The molecule has 0 aliphatic rings. The van der Waals surface area contributed by atoms with E-state index in [9.17, 15) is 4.79 Å². The van der Waals surface area contributed by atoms with Gasteiger partial charge in [0.1, 0.15) is 0 Å². The van der Waals surface area contributed by atoms with Crippen molar-refractivity contribution in [2.24, 2.45) is 0 Å². The van der Waals surface area contributed by atoms with Gasteiger partial charge in [-0.15, -0.1) is 0 Å². The first-order valence-electron chi connectivity index (χ1n) is 2.90. The molecule has 0 aromatic rings. The van der Waals surface area contributed by atoms with Gasteiger partial charge in [-0.2, -0.15) is 0 Å². The van der Waals surface area contributed by atoms with Crippen molar-refractivity contribution in [3.8, 4) is 0 Å². The van der Waals surface area contributed by atoms with Crippen LogP contribution in [0.4, 0.5) is 0 Å². The van der Waals surface area contributed by atoms with E-state index in [4.69, 9.17) is 0 Å². The predicted molar refractivity (Wildman–Crippen MR) is 31.5 cm³/mol. The van der Waals surface area contributed by atoms with Gasteiger partial charge in [0, 0.05) is 26.4 Å². The summed E-state index contributed by atoms with van der Waals surface area (Å²) < 4.78 is 4.64. The van der Waals surface area contributed by atoms with Gasteiger partial charge in [-0.25, -0.2) is 0 Å². The fraction of sp³-hybridized carbons (Fsp3) is 0.833. The first-order chi connectivity index (χ1) is 3.77. The summed E-state index contributed by atoms with van der Waals surface area (Å²) in [4.78, 5) is 10.1. The van der Waals surface area contributed by atoms with Crippen LogP contribution < -0.4 is 0 Å². The van der Waals surface area contributed by atoms with Crippen molar-refractivity contribution >= 4 is 5.97 Å². The summed E-state index contributed by atoms with van der Waals surface area (Å²) in [6.45, 7) is 4.06. The van der Waals surface area contributed by atoms with E-state index >= 15 is 0 Å². The maximum atomic E-state index is 10.1. The maximum absolute atomic E-state index is 10.1. The molecule has 0 bridgehead atoms. The second-order valence-electron chi connectivity index (χ2n) is 1.69.